The fraction of sp³-hybridized carbons (Fsp3) is 0.194. The second kappa shape index (κ2) is 13.6. The van der Waals surface area contributed by atoms with E-state index in [1.165, 1.54) is 10.5 Å². The monoisotopic (exact) mass is 606 g/mol. The minimum absolute atomic E-state index is 0.0585. The number of nitrogens with one attached hydrogen (secondary N) is 2. The molecule has 0 unspecified atom stereocenters. The molecule has 1 aromatic heterocycles. The fourth-order valence-electron chi connectivity index (χ4n) is 3.95. The van der Waals surface area contributed by atoms with Crippen molar-refractivity contribution in [3.8, 4) is 0 Å². The molecule has 9 nitrogen and oxygen atoms in total. The molecule has 4 aromatic rings. The Morgan fingerprint density at radius 2 is 1.57 bits per heavy atom. The number of hydrogen-bond acceptors (Lipinski definition) is 6. The molecule has 0 atom stereocenters. The van der Waals surface area contributed by atoms with Crippen LogP contribution in [0.2, 0.25) is 5.02 Å². The zero-order valence-corrected chi connectivity index (χ0v) is 24.9. The number of hydrogen-bond donors (Lipinski definition) is 2. The Hall–Kier alpha value is -4.25. The third-order valence-electron chi connectivity index (χ3n) is 6.34. The maximum absolute atomic E-state index is 13.6. The Bertz CT molecular complexity index is 1660. The lowest BCUT2D eigenvalue weighted by Gasteiger charge is -2.21. The largest absolute Gasteiger partial charge is 0.459 e. The summed E-state index contributed by atoms with van der Waals surface area (Å²) in [5.41, 5.74) is 5.45. The summed E-state index contributed by atoms with van der Waals surface area (Å²) < 4.78 is 34.2. The first-order chi connectivity index (χ1) is 20.0. The van der Waals surface area contributed by atoms with Crippen molar-refractivity contribution in [1.82, 2.24) is 9.73 Å². The lowest BCUT2D eigenvalue weighted by atomic mass is 10.0. The van der Waals surface area contributed by atoms with Crippen LogP contribution >= 0.6 is 11.6 Å². The molecule has 0 saturated heterocycles. The lowest BCUT2D eigenvalue weighted by Crippen LogP contribution is -2.32. The number of rotatable bonds is 10. The summed E-state index contributed by atoms with van der Waals surface area (Å²) in [6.07, 6.45) is 1.23. The van der Waals surface area contributed by atoms with Crippen LogP contribution in [0.3, 0.4) is 0 Å². The van der Waals surface area contributed by atoms with Gasteiger partial charge in [0, 0.05) is 17.3 Å². The van der Waals surface area contributed by atoms with Crippen molar-refractivity contribution in [2.24, 2.45) is 5.10 Å². The number of amides is 2. The van der Waals surface area contributed by atoms with Gasteiger partial charge in [0.1, 0.15) is 11.5 Å². The maximum atomic E-state index is 13.6. The number of nitrogens with zero attached hydrogens (tertiary/aromatic N) is 2. The van der Waals surface area contributed by atoms with Crippen molar-refractivity contribution in [1.29, 1.82) is 0 Å². The Labute approximate surface area is 250 Å². The summed E-state index contributed by atoms with van der Waals surface area (Å²) in [4.78, 5) is 24.5. The molecule has 0 bridgehead atoms. The third-order valence-corrected chi connectivity index (χ3v) is 8.40. The van der Waals surface area contributed by atoms with E-state index in [-0.39, 0.29) is 23.7 Å². The summed E-state index contributed by atoms with van der Waals surface area (Å²) in [6, 6.07) is 24.0. The number of furan rings is 1. The number of hydrazone groups is 1. The van der Waals surface area contributed by atoms with E-state index in [0.29, 0.717) is 22.4 Å². The average molecular weight is 607 g/mol. The van der Waals surface area contributed by atoms with E-state index in [1.54, 1.807) is 72.8 Å². The van der Waals surface area contributed by atoms with E-state index in [1.807, 2.05) is 19.1 Å². The number of benzene rings is 3. The summed E-state index contributed by atoms with van der Waals surface area (Å²) in [5.74, 6) is -0.865. The van der Waals surface area contributed by atoms with Crippen molar-refractivity contribution in [2.75, 3.05) is 5.32 Å². The van der Waals surface area contributed by atoms with Crippen LogP contribution in [0.5, 0.6) is 0 Å². The summed E-state index contributed by atoms with van der Waals surface area (Å²) in [7, 11) is -3.88. The van der Waals surface area contributed by atoms with Crippen LogP contribution in [0.1, 0.15) is 48.0 Å². The van der Waals surface area contributed by atoms with Gasteiger partial charge in [0.05, 0.1) is 17.7 Å². The van der Waals surface area contributed by atoms with E-state index in [4.69, 9.17) is 16.0 Å². The van der Waals surface area contributed by atoms with Crippen molar-refractivity contribution in [3.63, 3.8) is 0 Å². The van der Waals surface area contributed by atoms with Crippen LogP contribution in [0.25, 0.3) is 0 Å². The summed E-state index contributed by atoms with van der Waals surface area (Å²) >= 11 is 6.00. The highest BCUT2D eigenvalue weighted by Crippen LogP contribution is 2.23. The van der Waals surface area contributed by atoms with Crippen molar-refractivity contribution in [3.05, 3.63) is 118 Å². The van der Waals surface area contributed by atoms with Crippen LogP contribution in [0.4, 0.5) is 5.69 Å². The van der Waals surface area contributed by atoms with Crippen molar-refractivity contribution < 1.29 is 22.4 Å². The average Bonchev–Trinajstić information content (AvgIpc) is 3.41. The molecule has 0 aliphatic heterocycles. The molecule has 0 spiro atoms. The summed E-state index contributed by atoms with van der Waals surface area (Å²) in [6.45, 7) is 6.03. The molecule has 1 heterocycles. The highest BCUT2D eigenvalue weighted by molar-refractivity contribution is 7.89. The second-order valence-electron chi connectivity index (χ2n) is 9.95. The van der Waals surface area contributed by atoms with Crippen LogP contribution in [0.15, 0.2) is 99.3 Å². The van der Waals surface area contributed by atoms with Gasteiger partial charge in [0.15, 0.2) is 0 Å². The van der Waals surface area contributed by atoms with Gasteiger partial charge < -0.3 is 9.73 Å². The molecule has 0 radical (unpaired) electrons. The van der Waals surface area contributed by atoms with Gasteiger partial charge in [-0.15, -0.1) is 0 Å². The second-order valence-corrected chi connectivity index (χ2v) is 12.3. The van der Waals surface area contributed by atoms with Crippen molar-refractivity contribution >= 4 is 45.3 Å². The minimum Gasteiger partial charge on any atom is -0.459 e. The van der Waals surface area contributed by atoms with Gasteiger partial charge in [-0.05, 0) is 72.5 Å². The van der Waals surface area contributed by atoms with Crippen molar-refractivity contribution in [2.45, 2.75) is 44.7 Å². The number of carbonyl (C=O) groups excluding carboxylic acids is 2. The predicted molar refractivity (Wildman–Crippen MR) is 163 cm³/mol. The SMILES string of the molecule is Cc1ccc(S(=O)(=O)N(Cc2ccc(Cl)cc2)Cc2ccc(/C=N/NC(=O)C(=O)Nc3ccc(C(C)C)cc3)o2)cc1. The first-order valence-corrected chi connectivity index (χ1v) is 15.0. The number of aryl methyl sites for hydroxylation is 1. The van der Waals surface area contributed by atoms with Gasteiger partial charge >= 0.3 is 11.8 Å². The van der Waals surface area contributed by atoms with E-state index >= 15 is 0 Å². The minimum atomic E-state index is -3.88. The standard InChI is InChI=1S/C31H31ClN4O5S/c1-21(2)24-8-12-26(13-9-24)34-30(37)31(38)35-33-18-27-14-15-28(41-27)20-36(19-23-6-10-25(32)11-7-23)42(39,40)29-16-4-22(3)5-17-29/h4-18,21H,19-20H2,1-3H3,(H,34,37)(H,35,38)/b33-18+. The molecular weight excluding hydrogens is 576 g/mol. The van der Waals surface area contributed by atoms with E-state index in [0.717, 1.165) is 16.7 Å². The fourth-order valence-corrected chi connectivity index (χ4v) is 5.47. The smallest absolute Gasteiger partial charge is 0.329 e. The Morgan fingerprint density at radius 1 is 0.905 bits per heavy atom. The Morgan fingerprint density at radius 3 is 2.21 bits per heavy atom. The molecule has 42 heavy (non-hydrogen) atoms. The molecule has 3 aromatic carbocycles. The first-order valence-electron chi connectivity index (χ1n) is 13.2. The van der Waals surface area contributed by atoms with Gasteiger partial charge in [0.25, 0.3) is 0 Å². The van der Waals surface area contributed by atoms with E-state index in [9.17, 15) is 18.0 Å². The van der Waals surface area contributed by atoms with Gasteiger partial charge in [-0.25, -0.2) is 13.8 Å². The van der Waals surface area contributed by atoms with E-state index in [2.05, 4.69) is 29.7 Å². The van der Waals surface area contributed by atoms with Crippen LogP contribution < -0.4 is 10.7 Å². The number of anilines is 1. The Kier molecular flexibility index (Phi) is 9.95. The third kappa shape index (κ3) is 8.16. The number of halogens is 1. The van der Waals surface area contributed by atoms with Crippen LogP contribution in [0, 0.1) is 6.92 Å². The molecule has 218 valence electrons. The zero-order chi connectivity index (χ0) is 30.3. The molecule has 0 aliphatic carbocycles. The molecule has 2 amide bonds. The van der Waals surface area contributed by atoms with Gasteiger partial charge in [0.2, 0.25) is 10.0 Å². The normalized spacial score (nSPS) is 11.8. The first kappa shape index (κ1) is 30.7. The highest BCUT2D eigenvalue weighted by atomic mass is 35.5. The maximum Gasteiger partial charge on any atom is 0.329 e. The molecule has 2 N–H and O–H groups in total. The molecular formula is C31H31ClN4O5S. The summed E-state index contributed by atoms with van der Waals surface area (Å²) in [5, 5.41) is 6.86. The topological polar surface area (TPSA) is 121 Å². The van der Waals surface area contributed by atoms with Gasteiger partial charge in [-0.1, -0.05) is 67.4 Å². The number of carbonyl (C=O) groups is 2. The quantitative estimate of drug-likeness (QED) is 0.133. The van der Waals surface area contributed by atoms with E-state index < -0.39 is 21.8 Å². The van der Waals surface area contributed by atoms with Gasteiger partial charge in [-0.3, -0.25) is 9.59 Å². The molecule has 0 aliphatic rings. The molecule has 4 rings (SSSR count). The predicted octanol–water partition coefficient (Wildman–Crippen LogP) is 5.84. The number of sulfonamides is 1. The molecule has 0 saturated carbocycles. The Balaban J connectivity index is 1.41. The highest BCUT2D eigenvalue weighted by Gasteiger charge is 2.26. The van der Waals surface area contributed by atoms with Gasteiger partial charge in [-0.2, -0.15) is 9.41 Å². The molecule has 0 fully saturated rings. The zero-order valence-electron chi connectivity index (χ0n) is 23.4. The van der Waals surface area contributed by atoms with Crippen LogP contribution in [-0.4, -0.2) is 30.8 Å². The van der Waals surface area contributed by atoms with Crippen LogP contribution in [-0.2, 0) is 32.7 Å². The molecule has 11 heteroatoms. The lowest BCUT2D eigenvalue weighted by molar-refractivity contribution is -0.136.